The average molecular weight is 158 g/mol. The van der Waals surface area contributed by atoms with Crippen molar-refractivity contribution >= 4 is 0 Å². The van der Waals surface area contributed by atoms with Crippen molar-refractivity contribution in [3.63, 3.8) is 0 Å². The fraction of sp³-hybridized carbons (Fsp3) is 0.500. The molecule has 1 heteroatoms. The molecule has 0 spiro atoms. The van der Waals surface area contributed by atoms with E-state index in [2.05, 4.69) is 38.2 Å². The van der Waals surface area contributed by atoms with Crippen molar-refractivity contribution in [2.24, 2.45) is 0 Å². The Balaban J connectivity index is 2.97. The van der Waals surface area contributed by atoms with Crippen molar-refractivity contribution in [2.45, 2.75) is 27.2 Å². The van der Waals surface area contributed by atoms with Crippen LogP contribution in [0.25, 0.3) is 0 Å². The predicted molar refractivity (Wildman–Crippen MR) is 35.7 cm³/mol. The molecule has 0 bridgehead atoms. The summed E-state index contributed by atoms with van der Waals surface area (Å²) >= 11 is 2.65. The minimum absolute atomic E-state index is 1.19. The van der Waals surface area contributed by atoms with Crippen LogP contribution in [-0.4, -0.2) is 0 Å². The van der Waals surface area contributed by atoms with Gasteiger partial charge >= 0.3 is 65.6 Å². The summed E-state index contributed by atoms with van der Waals surface area (Å²) in [6.07, 6.45) is 1.19. The molecule has 0 nitrogen and oxygen atoms in total. The van der Waals surface area contributed by atoms with Gasteiger partial charge in [0.2, 0.25) is 0 Å². The van der Waals surface area contributed by atoms with Gasteiger partial charge in [-0.1, -0.05) is 0 Å². The molecule has 48 valence electrons. The zero-order valence-electron chi connectivity index (χ0n) is 6.15. The van der Waals surface area contributed by atoms with Crippen molar-refractivity contribution in [2.75, 3.05) is 0 Å². The maximum atomic E-state index is 2.65. The van der Waals surface area contributed by atoms with Gasteiger partial charge in [0.25, 0.3) is 0 Å². The van der Waals surface area contributed by atoms with Gasteiger partial charge in [0.15, 0.2) is 0 Å². The van der Waals surface area contributed by atoms with Gasteiger partial charge in [-0.3, -0.25) is 0 Å². The second kappa shape index (κ2) is 2.36. The van der Waals surface area contributed by atoms with Crippen LogP contribution in [0.2, 0.25) is 0 Å². The van der Waals surface area contributed by atoms with Crippen LogP contribution >= 0.6 is 0 Å². The van der Waals surface area contributed by atoms with Gasteiger partial charge in [-0.15, -0.1) is 0 Å². The fourth-order valence-corrected chi connectivity index (χ4v) is 1.56. The topological polar surface area (TPSA) is 0 Å². The van der Waals surface area contributed by atoms with E-state index in [-0.39, 0.29) is 0 Å². The normalized spacial score (nSPS) is 19.9. The first-order valence-corrected chi connectivity index (χ1v) is 3.88. The molecule has 0 aliphatic heterocycles. The maximum absolute atomic E-state index is 2.65. The number of allylic oxidation sites excluding steroid dienone is 4. The van der Waals surface area contributed by atoms with Crippen LogP contribution in [0.4, 0.5) is 0 Å². The summed E-state index contributed by atoms with van der Waals surface area (Å²) in [5.41, 5.74) is 4.53. The molecule has 0 amide bonds. The zero-order valence-corrected chi connectivity index (χ0v) is 7.55. The van der Waals surface area contributed by atoms with E-state index in [0.29, 0.717) is 0 Å². The van der Waals surface area contributed by atoms with Gasteiger partial charge in [-0.2, -0.15) is 0 Å². The van der Waals surface area contributed by atoms with Crippen molar-refractivity contribution in [1.29, 1.82) is 0 Å². The Bertz CT molecular complexity index is 175. The molecule has 0 heterocycles. The number of rotatable bonds is 0. The molecule has 9 heavy (non-hydrogen) atoms. The summed E-state index contributed by atoms with van der Waals surface area (Å²) in [6, 6.07) is 0. The molecule has 0 unspecified atom stereocenters. The minimum atomic E-state index is 1.19. The molecule has 0 fully saturated rings. The molecule has 0 saturated heterocycles. The van der Waals surface area contributed by atoms with Gasteiger partial charge in [0.05, 0.1) is 0 Å². The van der Waals surface area contributed by atoms with Gasteiger partial charge in [-0.25, -0.2) is 0 Å². The molecular weight excluding hydrogens is 147 g/mol. The van der Waals surface area contributed by atoms with E-state index in [0.717, 1.165) is 0 Å². The third kappa shape index (κ3) is 1.15. The van der Waals surface area contributed by atoms with Crippen LogP contribution in [0.1, 0.15) is 27.2 Å². The first-order chi connectivity index (χ1) is 4.13. The van der Waals surface area contributed by atoms with Gasteiger partial charge in [-0.05, 0) is 0 Å². The summed E-state index contributed by atoms with van der Waals surface area (Å²) in [5, 5.41) is 0. The van der Waals surface area contributed by atoms with Gasteiger partial charge < -0.3 is 0 Å². The third-order valence-corrected chi connectivity index (χ3v) is 3.05. The van der Waals surface area contributed by atoms with Gasteiger partial charge in [0.1, 0.15) is 0 Å². The van der Waals surface area contributed by atoms with Crippen LogP contribution in [0.5, 0.6) is 0 Å². The molecule has 0 aromatic rings. The Morgan fingerprint density at radius 3 is 1.78 bits per heavy atom. The Hall–Kier alpha value is 0.0644. The fourth-order valence-electron chi connectivity index (χ4n) is 1.14. The first kappa shape index (κ1) is 7.17. The van der Waals surface area contributed by atoms with Crippen LogP contribution in [0.3, 0.4) is 0 Å². The predicted octanol–water partition coefficient (Wildman–Crippen LogP) is 2.55. The van der Waals surface area contributed by atoms with Crippen LogP contribution < -0.4 is 0 Å². The molecule has 0 saturated carbocycles. The molecule has 1 aliphatic carbocycles. The second-order valence-corrected chi connectivity index (χ2v) is 3.41. The van der Waals surface area contributed by atoms with Crippen LogP contribution in [0, 0.1) is 0 Å². The Kier molecular flexibility index (Phi) is 1.88. The zero-order chi connectivity index (χ0) is 7.02. The van der Waals surface area contributed by atoms with E-state index in [9.17, 15) is 0 Å². The molecule has 0 aromatic heterocycles. The first-order valence-electron chi connectivity index (χ1n) is 3.18. The van der Waals surface area contributed by atoms with E-state index < -0.39 is 0 Å². The Morgan fingerprint density at radius 1 is 1.11 bits per heavy atom. The molecule has 0 aromatic carbocycles. The standard InChI is InChI=1S/C8H11.V/c1-6-4-7(2)8(3)5-6;/h4H2,1-3H3;. The summed E-state index contributed by atoms with van der Waals surface area (Å²) in [7, 11) is 0. The van der Waals surface area contributed by atoms with Gasteiger partial charge in [0, 0.05) is 0 Å². The monoisotopic (exact) mass is 158 g/mol. The van der Waals surface area contributed by atoms with E-state index in [1.54, 1.807) is 0 Å². The summed E-state index contributed by atoms with van der Waals surface area (Å²) in [6.45, 7) is 6.60. The number of hydrogen-bond donors (Lipinski definition) is 0. The average Bonchev–Trinajstić information content (AvgIpc) is 1.98. The quantitative estimate of drug-likeness (QED) is 0.508. The molecule has 1 aliphatic rings. The molecule has 0 radical (unpaired) electrons. The third-order valence-electron chi connectivity index (χ3n) is 1.93. The van der Waals surface area contributed by atoms with E-state index in [1.807, 2.05) is 0 Å². The molecule has 0 N–H and O–H groups in total. The van der Waals surface area contributed by atoms with Crippen molar-refractivity contribution < 1.29 is 17.4 Å². The van der Waals surface area contributed by atoms with Crippen molar-refractivity contribution in [3.8, 4) is 0 Å². The van der Waals surface area contributed by atoms with Crippen LogP contribution in [0.15, 0.2) is 21.0 Å². The van der Waals surface area contributed by atoms with Crippen molar-refractivity contribution in [3.05, 3.63) is 21.0 Å². The van der Waals surface area contributed by atoms with E-state index >= 15 is 0 Å². The number of hydrogen-bond acceptors (Lipinski definition) is 0. The SMILES string of the molecule is CC1=C(C)[C]([V])=C(C)C1. The summed E-state index contributed by atoms with van der Waals surface area (Å²) < 4.78 is 1.44. The van der Waals surface area contributed by atoms with E-state index in [4.69, 9.17) is 0 Å². The molecule has 0 atom stereocenters. The Labute approximate surface area is 66.0 Å². The summed E-state index contributed by atoms with van der Waals surface area (Å²) in [4.78, 5) is 0. The second-order valence-electron chi connectivity index (χ2n) is 2.71. The van der Waals surface area contributed by atoms with E-state index in [1.165, 1.54) is 27.4 Å². The molecule has 1 rings (SSSR count). The Morgan fingerprint density at radius 2 is 1.67 bits per heavy atom. The van der Waals surface area contributed by atoms with Crippen molar-refractivity contribution in [1.82, 2.24) is 0 Å². The van der Waals surface area contributed by atoms with Crippen LogP contribution in [-0.2, 0) is 17.4 Å². The summed E-state index contributed by atoms with van der Waals surface area (Å²) in [5.74, 6) is 0. The molecular formula is C8H11V.